The van der Waals surface area contributed by atoms with E-state index in [0.717, 1.165) is 17.1 Å². The first-order chi connectivity index (χ1) is 7.24. The third-order valence-corrected chi connectivity index (χ3v) is 2.85. The summed E-state index contributed by atoms with van der Waals surface area (Å²) in [5.74, 6) is 0.866. The van der Waals surface area contributed by atoms with Crippen molar-refractivity contribution in [2.24, 2.45) is 0 Å². The van der Waals surface area contributed by atoms with E-state index >= 15 is 0 Å². The molecular weight excluding hydrogens is 212 g/mol. The van der Waals surface area contributed by atoms with Gasteiger partial charge in [0.05, 0.1) is 11.0 Å². The van der Waals surface area contributed by atoms with Crippen molar-refractivity contribution in [2.45, 2.75) is 17.7 Å². The number of non-ortho nitro benzene ring substituents is 1. The van der Waals surface area contributed by atoms with Crippen molar-refractivity contribution in [3.8, 4) is 6.07 Å². The molecule has 0 aromatic heterocycles. The zero-order chi connectivity index (χ0) is 11.1. The summed E-state index contributed by atoms with van der Waals surface area (Å²) in [6, 6.07) is 8.52. The van der Waals surface area contributed by atoms with Gasteiger partial charge >= 0.3 is 0 Å². The van der Waals surface area contributed by atoms with Crippen LogP contribution in [0.1, 0.15) is 12.8 Å². The minimum atomic E-state index is -0.413. The van der Waals surface area contributed by atoms with Crippen molar-refractivity contribution in [1.29, 1.82) is 5.26 Å². The molecule has 4 nitrogen and oxygen atoms in total. The van der Waals surface area contributed by atoms with E-state index in [1.165, 1.54) is 12.1 Å². The highest BCUT2D eigenvalue weighted by Gasteiger charge is 2.03. The maximum Gasteiger partial charge on any atom is 0.269 e. The number of benzene rings is 1. The molecule has 0 aliphatic heterocycles. The average Bonchev–Trinajstić information content (AvgIpc) is 2.25. The van der Waals surface area contributed by atoms with Gasteiger partial charge in [-0.1, -0.05) is 0 Å². The van der Waals surface area contributed by atoms with Crippen LogP contribution in [-0.2, 0) is 0 Å². The van der Waals surface area contributed by atoms with Crippen LogP contribution in [0.2, 0.25) is 0 Å². The predicted octanol–water partition coefficient (Wildman–Crippen LogP) is 2.99. The third-order valence-electron chi connectivity index (χ3n) is 1.75. The zero-order valence-electron chi connectivity index (χ0n) is 8.05. The average molecular weight is 222 g/mol. The molecule has 0 heterocycles. The van der Waals surface area contributed by atoms with E-state index in [4.69, 9.17) is 5.26 Å². The van der Waals surface area contributed by atoms with E-state index < -0.39 is 4.92 Å². The Labute approximate surface area is 92.1 Å². The van der Waals surface area contributed by atoms with Gasteiger partial charge in [0.25, 0.3) is 5.69 Å². The summed E-state index contributed by atoms with van der Waals surface area (Å²) in [6.45, 7) is 0. The zero-order valence-corrected chi connectivity index (χ0v) is 8.87. The fourth-order valence-electron chi connectivity index (χ4n) is 1.01. The predicted molar refractivity (Wildman–Crippen MR) is 58.7 cm³/mol. The van der Waals surface area contributed by atoms with Gasteiger partial charge in [-0.3, -0.25) is 10.1 Å². The molecule has 0 spiro atoms. The Morgan fingerprint density at radius 3 is 2.60 bits per heavy atom. The van der Waals surface area contributed by atoms with Gasteiger partial charge in [0.2, 0.25) is 0 Å². The first kappa shape index (κ1) is 11.5. The van der Waals surface area contributed by atoms with E-state index in [1.54, 1.807) is 23.9 Å². The van der Waals surface area contributed by atoms with Gasteiger partial charge in [0.15, 0.2) is 0 Å². The molecule has 1 aromatic rings. The molecule has 0 aliphatic rings. The van der Waals surface area contributed by atoms with Crippen LogP contribution >= 0.6 is 11.8 Å². The highest BCUT2D eigenvalue weighted by atomic mass is 32.2. The van der Waals surface area contributed by atoms with Gasteiger partial charge in [0, 0.05) is 23.4 Å². The topological polar surface area (TPSA) is 66.9 Å². The van der Waals surface area contributed by atoms with Crippen LogP contribution in [0.15, 0.2) is 29.2 Å². The first-order valence-electron chi connectivity index (χ1n) is 4.48. The molecule has 0 fully saturated rings. The van der Waals surface area contributed by atoms with Gasteiger partial charge in [-0.15, -0.1) is 11.8 Å². The van der Waals surface area contributed by atoms with Crippen LogP contribution in [0.3, 0.4) is 0 Å². The SMILES string of the molecule is N#CCCCSc1ccc([N+](=O)[O-])cc1. The fourth-order valence-corrected chi connectivity index (χ4v) is 1.86. The molecule has 15 heavy (non-hydrogen) atoms. The number of nitro benzene ring substituents is 1. The number of nitro groups is 1. The van der Waals surface area contributed by atoms with Gasteiger partial charge in [-0.25, -0.2) is 0 Å². The van der Waals surface area contributed by atoms with Crippen molar-refractivity contribution in [3.63, 3.8) is 0 Å². The van der Waals surface area contributed by atoms with E-state index in [9.17, 15) is 10.1 Å². The van der Waals surface area contributed by atoms with E-state index in [1.807, 2.05) is 0 Å². The summed E-state index contributed by atoms with van der Waals surface area (Å²) in [5.41, 5.74) is 0.108. The van der Waals surface area contributed by atoms with Crippen LogP contribution in [0.4, 0.5) is 5.69 Å². The van der Waals surface area contributed by atoms with Crippen molar-refractivity contribution < 1.29 is 4.92 Å². The lowest BCUT2D eigenvalue weighted by Crippen LogP contribution is -1.86. The Kier molecular flexibility index (Phi) is 4.64. The third kappa shape index (κ3) is 4.00. The van der Waals surface area contributed by atoms with Gasteiger partial charge in [-0.05, 0) is 24.3 Å². The van der Waals surface area contributed by atoms with Crippen LogP contribution in [0.25, 0.3) is 0 Å². The molecular formula is C10H10N2O2S. The molecule has 0 aliphatic carbocycles. The smallest absolute Gasteiger partial charge is 0.258 e. The fraction of sp³-hybridized carbons (Fsp3) is 0.300. The van der Waals surface area contributed by atoms with E-state index in [-0.39, 0.29) is 5.69 Å². The largest absolute Gasteiger partial charge is 0.269 e. The molecule has 0 atom stereocenters. The van der Waals surface area contributed by atoms with Crippen molar-refractivity contribution >= 4 is 17.4 Å². The summed E-state index contributed by atoms with van der Waals surface area (Å²) in [4.78, 5) is 11.0. The van der Waals surface area contributed by atoms with Crippen LogP contribution in [0, 0.1) is 21.4 Å². The molecule has 5 heteroatoms. The molecule has 0 N–H and O–H groups in total. The lowest BCUT2D eigenvalue weighted by molar-refractivity contribution is -0.384. The summed E-state index contributed by atoms with van der Waals surface area (Å²) < 4.78 is 0. The minimum absolute atomic E-state index is 0.108. The second-order valence-corrected chi connectivity index (χ2v) is 4.03. The quantitative estimate of drug-likeness (QED) is 0.332. The summed E-state index contributed by atoms with van der Waals surface area (Å²) >= 11 is 1.61. The first-order valence-corrected chi connectivity index (χ1v) is 5.47. The monoisotopic (exact) mass is 222 g/mol. The number of nitriles is 1. The lowest BCUT2D eigenvalue weighted by Gasteiger charge is -1.98. The number of unbranched alkanes of at least 4 members (excludes halogenated alkanes) is 1. The van der Waals surface area contributed by atoms with Crippen molar-refractivity contribution in [2.75, 3.05) is 5.75 Å². The normalized spacial score (nSPS) is 9.53. The van der Waals surface area contributed by atoms with Crippen LogP contribution < -0.4 is 0 Å². The Balaban J connectivity index is 2.43. The standard InChI is InChI=1S/C10H10N2O2S/c11-7-1-2-8-15-10-5-3-9(4-6-10)12(13)14/h3-6H,1-2,8H2. The highest BCUT2D eigenvalue weighted by molar-refractivity contribution is 7.99. The molecule has 0 bridgehead atoms. The Morgan fingerprint density at radius 1 is 1.40 bits per heavy atom. The van der Waals surface area contributed by atoms with Gasteiger partial charge in [0.1, 0.15) is 0 Å². The molecule has 0 unspecified atom stereocenters. The van der Waals surface area contributed by atoms with Gasteiger partial charge < -0.3 is 0 Å². The Hall–Kier alpha value is -1.54. The minimum Gasteiger partial charge on any atom is -0.258 e. The number of hydrogen-bond acceptors (Lipinski definition) is 4. The van der Waals surface area contributed by atoms with Crippen LogP contribution in [0.5, 0.6) is 0 Å². The number of thioether (sulfide) groups is 1. The maximum atomic E-state index is 10.4. The Morgan fingerprint density at radius 2 is 2.07 bits per heavy atom. The maximum absolute atomic E-state index is 10.4. The summed E-state index contributed by atoms with van der Waals surface area (Å²) in [5, 5.41) is 18.7. The van der Waals surface area contributed by atoms with E-state index in [0.29, 0.717) is 6.42 Å². The van der Waals surface area contributed by atoms with Crippen LogP contribution in [-0.4, -0.2) is 10.7 Å². The van der Waals surface area contributed by atoms with Crippen molar-refractivity contribution in [1.82, 2.24) is 0 Å². The molecule has 78 valence electrons. The number of hydrogen-bond donors (Lipinski definition) is 0. The molecule has 0 saturated carbocycles. The highest BCUT2D eigenvalue weighted by Crippen LogP contribution is 2.22. The molecule has 0 saturated heterocycles. The number of rotatable bonds is 5. The molecule has 1 aromatic carbocycles. The summed E-state index contributed by atoms with van der Waals surface area (Å²) in [6.07, 6.45) is 1.40. The van der Waals surface area contributed by atoms with Gasteiger partial charge in [-0.2, -0.15) is 5.26 Å². The van der Waals surface area contributed by atoms with E-state index in [2.05, 4.69) is 6.07 Å². The second kappa shape index (κ2) is 6.04. The Bertz CT molecular complexity index is 370. The second-order valence-electron chi connectivity index (χ2n) is 2.86. The van der Waals surface area contributed by atoms with Crippen molar-refractivity contribution in [3.05, 3.63) is 34.4 Å². The molecule has 0 radical (unpaired) electrons. The number of nitrogens with zero attached hydrogens (tertiary/aromatic N) is 2. The lowest BCUT2D eigenvalue weighted by atomic mass is 10.3. The molecule has 1 rings (SSSR count). The molecule has 0 amide bonds. The summed E-state index contributed by atoms with van der Waals surface area (Å²) in [7, 11) is 0.